The first-order valence-corrected chi connectivity index (χ1v) is 12.2. The molecule has 198 valence electrons. The van der Waals surface area contributed by atoms with Crippen molar-refractivity contribution in [3.05, 3.63) is 120 Å². The van der Waals surface area contributed by atoms with Crippen LogP contribution >= 0.6 is 0 Å². The van der Waals surface area contributed by atoms with Crippen molar-refractivity contribution in [3.63, 3.8) is 0 Å². The van der Waals surface area contributed by atoms with Gasteiger partial charge in [0, 0.05) is 5.56 Å². The summed E-state index contributed by atoms with van der Waals surface area (Å²) in [5, 5.41) is 2.59. The number of hydrogen-bond acceptors (Lipinski definition) is 6. The van der Waals surface area contributed by atoms with E-state index in [9.17, 15) is 14.4 Å². The molecule has 0 aliphatic heterocycles. The number of primary amides is 1. The SMILES string of the molecule is COc1ccc(O[C@@H](C(N)=O)[C@@H](NC(=O)c2ccc(-c3ccccc3)cc2)C(=O)OCc2ccccc2)cc1. The Balaban J connectivity index is 1.56. The number of nitrogens with one attached hydrogen (secondary N) is 1. The van der Waals surface area contributed by atoms with Crippen LogP contribution in [0, 0.1) is 0 Å². The van der Waals surface area contributed by atoms with Crippen molar-refractivity contribution in [2.75, 3.05) is 7.11 Å². The van der Waals surface area contributed by atoms with Gasteiger partial charge in [0.1, 0.15) is 18.1 Å². The second-order valence-electron chi connectivity index (χ2n) is 8.60. The Labute approximate surface area is 226 Å². The Morgan fingerprint density at radius 3 is 1.90 bits per heavy atom. The van der Waals surface area contributed by atoms with Crippen LogP contribution in [0.5, 0.6) is 11.5 Å². The maximum Gasteiger partial charge on any atom is 0.333 e. The van der Waals surface area contributed by atoms with Gasteiger partial charge in [-0.25, -0.2) is 4.79 Å². The third-order valence-corrected chi connectivity index (χ3v) is 5.92. The van der Waals surface area contributed by atoms with Gasteiger partial charge in [-0.2, -0.15) is 0 Å². The van der Waals surface area contributed by atoms with Crippen molar-refractivity contribution in [2.24, 2.45) is 5.73 Å². The van der Waals surface area contributed by atoms with Gasteiger partial charge in [-0.05, 0) is 53.1 Å². The topological polar surface area (TPSA) is 117 Å². The number of ether oxygens (including phenoxy) is 3. The highest BCUT2D eigenvalue weighted by Crippen LogP contribution is 2.21. The number of rotatable bonds is 11. The summed E-state index contributed by atoms with van der Waals surface area (Å²) in [4.78, 5) is 38.9. The lowest BCUT2D eigenvalue weighted by atomic mass is 10.0. The summed E-state index contributed by atoms with van der Waals surface area (Å²) in [5.74, 6) is -1.59. The van der Waals surface area contributed by atoms with Crippen molar-refractivity contribution in [1.82, 2.24) is 5.32 Å². The number of esters is 1. The predicted octanol–water partition coefficient (Wildman–Crippen LogP) is 4.14. The van der Waals surface area contributed by atoms with Gasteiger partial charge in [0.05, 0.1) is 7.11 Å². The molecule has 39 heavy (non-hydrogen) atoms. The molecule has 4 aromatic rings. The molecule has 0 saturated heterocycles. The summed E-state index contributed by atoms with van der Waals surface area (Å²) in [6.45, 7) is -0.0637. The van der Waals surface area contributed by atoms with E-state index in [0.717, 1.165) is 16.7 Å². The van der Waals surface area contributed by atoms with Crippen molar-refractivity contribution < 1.29 is 28.6 Å². The summed E-state index contributed by atoms with van der Waals surface area (Å²) in [6, 6.07) is 30.4. The molecule has 2 amide bonds. The number of benzene rings is 4. The van der Waals surface area contributed by atoms with E-state index in [0.29, 0.717) is 5.75 Å². The van der Waals surface area contributed by atoms with E-state index in [-0.39, 0.29) is 17.9 Å². The highest BCUT2D eigenvalue weighted by Gasteiger charge is 2.37. The summed E-state index contributed by atoms with van der Waals surface area (Å²) < 4.78 is 16.4. The van der Waals surface area contributed by atoms with Crippen LogP contribution in [0.25, 0.3) is 11.1 Å². The fourth-order valence-electron chi connectivity index (χ4n) is 3.84. The van der Waals surface area contributed by atoms with Crippen molar-refractivity contribution in [2.45, 2.75) is 18.8 Å². The molecular weight excluding hydrogens is 496 g/mol. The molecule has 0 unspecified atom stereocenters. The molecule has 0 spiro atoms. The smallest absolute Gasteiger partial charge is 0.333 e. The number of amides is 2. The van der Waals surface area contributed by atoms with Crippen LogP contribution in [0.15, 0.2) is 109 Å². The van der Waals surface area contributed by atoms with Gasteiger partial charge in [-0.3, -0.25) is 9.59 Å². The highest BCUT2D eigenvalue weighted by molar-refractivity contribution is 5.99. The zero-order valence-corrected chi connectivity index (χ0v) is 21.3. The zero-order valence-electron chi connectivity index (χ0n) is 21.3. The summed E-state index contributed by atoms with van der Waals surface area (Å²) >= 11 is 0. The molecule has 0 saturated carbocycles. The first-order valence-electron chi connectivity index (χ1n) is 12.2. The van der Waals surface area contributed by atoms with Gasteiger partial charge in [-0.15, -0.1) is 0 Å². The van der Waals surface area contributed by atoms with Crippen LogP contribution in [-0.2, 0) is 20.9 Å². The lowest BCUT2D eigenvalue weighted by Crippen LogP contribution is -2.56. The number of carbonyl (C=O) groups is 3. The number of nitrogens with two attached hydrogens (primary N) is 1. The molecule has 0 aromatic heterocycles. The molecule has 8 nitrogen and oxygen atoms in total. The summed E-state index contributed by atoms with van der Waals surface area (Å²) in [5.41, 5.74) is 8.57. The van der Waals surface area contributed by atoms with Crippen LogP contribution < -0.4 is 20.5 Å². The van der Waals surface area contributed by atoms with E-state index in [1.807, 2.05) is 36.4 Å². The lowest BCUT2D eigenvalue weighted by Gasteiger charge is -2.25. The zero-order chi connectivity index (χ0) is 27.6. The lowest BCUT2D eigenvalue weighted by molar-refractivity contribution is -0.152. The molecule has 8 heteroatoms. The molecule has 0 heterocycles. The van der Waals surface area contributed by atoms with Gasteiger partial charge in [-0.1, -0.05) is 72.8 Å². The number of carbonyl (C=O) groups excluding carboxylic acids is 3. The van der Waals surface area contributed by atoms with Crippen LogP contribution in [0.1, 0.15) is 15.9 Å². The fourth-order valence-corrected chi connectivity index (χ4v) is 3.84. The van der Waals surface area contributed by atoms with Crippen molar-refractivity contribution in [1.29, 1.82) is 0 Å². The fraction of sp³-hybridized carbons (Fsp3) is 0.129. The number of hydrogen-bond donors (Lipinski definition) is 2. The molecular formula is C31H28N2O6. The molecule has 0 aliphatic carbocycles. The molecule has 0 fully saturated rings. The van der Waals surface area contributed by atoms with Crippen LogP contribution in [0.2, 0.25) is 0 Å². The Kier molecular flexibility index (Phi) is 8.92. The third kappa shape index (κ3) is 7.23. The molecule has 3 N–H and O–H groups in total. The van der Waals surface area contributed by atoms with E-state index in [4.69, 9.17) is 19.9 Å². The van der Waals surface area contributed by atoms with Gasteiger partial charge >= 0.3 is 5.97 Å². The number of methoxy groups -OCH3 is 1. The molecule has 0 aliphatic rings. The minimum absolute atomic E-state index is 0.0637. The van der Waals surface area contributed by atoms with E-state index in [1.165, 1.54) is 7.11 Å². The second-order valence-corrected chi connectivity index (χ2v) is 8.60. The van der Waals surface area contributed by atoms with Gasteiger partial charge in [0.2, 0.25) is 6.10 Å². The third-order valence-electron chi connectivity index (χ3n) is 5.92. The largest absolute Gasteiger partial charge is 0.497 e. The first-order chi connectivity index (χ1) is 18.9. The van der Waals surface area contributed by atoms with Gasteiger partial charge in [0.25, 0.3) is 11.8 Å². The van der Waals surface area contributed by atoms with E-state index in [2.05, 4.69) is 5.32 Å². The summed E-state index contributed by atoms with van der Waals surface area (Å²) in [7, 11) is 1.52. The van der Waals surface area contributed by atoms with E-state index >= 15 is 0 Å². The highest BCUT2D eigenvalue weighted by atomic mass is 16.5. The normalized spacial score (nSPS) is 12.0. The minimum atomic E-state index is -1.55. The van der Waals surface area contributed by atoms with Crippen molar-refractivity contribution in [3.8, 4) is 22.6 Å². The van der Waals surface area contributed by atoms with Crippen LogP contribution in [0.3, 0.4) is 0 Å². The van der Waals surface area contributed by atoms with Crippen LogP contribution in [-0.4, -0.2) is 37.0 Å². The maximum atomic E-state index is 13.2. The Morgan fingerprint density at radius 1 is 0.744 bits per heavy atom. The van der Waals surface area contributed by atoms with Crippen molar-refractivity contribution >= 4 is 17.8 Å². The summed E-state index contributed by atoms with van der Waals surface area (Å²) in [6.07, 6.45) is -1.55. The predicted molar refractivity (Wildman–Crippen MR) is 146 cm³/mol. The Bertz CT molecular complexity index is 1390. The maximum absolute atomic E-state index is 13.2. The van der Waals surface area contributed by atoms with Crippen LogP contribution in [0.4, 0.5) is 0 Å². The molecule has 0 bridgehead atoms. The Morgan fingerprint density at radius 2 is 1.31 bits per heavy atom. The minimum Gasteiger partial charge on any atom is -0.497 e. The van der Waals surface area contributed by atoms with Gasteiger partial charge < -0.3 is 25.3 Å². The second kappa shape index (κ2) is 12.9. The van der Waals surface area contributed by atoms with Gasteiger partial charge in [0.15, 0.2) is 6.04 Å². The first kappa shape index (κ1) is 26.9. The van der Waals surface area contributed by atoms with E-state index in [1.54, 1.807) is 72.8 Å². The molecule has 0 radical (unpaired) electrons. The van der Waals surface area contributed by atoms with E-state index < -0.39 is 29.9 Å². The average Bonchev–Trinajstić information content (AvgIpc) is 2.98. The molecule has 2 atom stereocenters. The molecule has 4 aromatic carbocycles. The monoisotopic (exact) mass is 524 g/mol. The quantitative estimate of drug-likeness (QED) is 0.285. The Hall–Kier alpha value is -5.11. The standard InChI is InChI=1S/C31H28N2O6/c1-37-25-16-18-26(19-17-25)39-28(29(32)34)27(31(36)38-20-21-8-4-2-5-9-21)33-30(35)24-14-12-23(13-15-24)22-10-6-3-7-11-22/h2-19,27-28H,20H2,1H3,(H2,32,34)(H,33,35)/t27-,28-/m1/s1. The average molecular weight is 525 g/mol. The molecule has 4 rings (SSSR count).